The van der Waals surface area contributed by atoms with Crippen molar-refractivity contribution in [2.24, 2.45) is 0 Å². The molecular formula is C13H17ClO2. The first-order chi connectivity index (χ1) is 7.52. The Bertz CT molecular complexity index is 394. The minimum absolute atomic E-state index is 0.0695. The van der Waals surface area contributed by atoms with E-state index in [1.54, 1.807) is 0 Å². The van der Waals surface area contributed by atoms with Crippen LogP contribution in [0, 0.1) is 0 Å². The molecular weight excluding hydrogens is 224 g/mol. The summed E-state index contributed by atoms with van der Waals surface area (Å²) < 4.78 is 11.1. The van der Waals surface area contributed by atoms with Gasteiger partial charge < -0.3 is 9.47 Å². The van der Waals surface area contributed by atoms with E-state index in [1.807, 2.05) is 6.07 Å². The largest absolute Gasteiger partial charge is 0.486 e. The Balaban J connectivity index is 2.52. The van der Waals surface area contributed by atoms with E-state index < -0.39 is 0 Å². The first kappa shape index (κ1) is 11.6. The van der Waals surface area contributed by atoms with Crippen molar-refractivity contribution in [1.29, 1.82) is 0 Å². The van der Waals surface area contributed by atoms with Crippen LogP contribution in [0.4, 0.5) is 0 Å². The van der Waals surface area contributed by atoms with E-state index in [0.717, 1.165) is 17.1 Å². The van der Waals surface area contributed by atoms with Crippen LogP contribution in [0.1, 0.15) is 31.9 Å². The zero-order valence-corrected chi connectivity index (χ0v) is 10.7. The molecule has 0 fully saturated rings. The van der Waals surface area contributed by atoms with Gasteiger partial charge in [0, 0.05) is 5.88 Å². The minimum Gasteiger partial charge on any atom is -0.486 e. The van der Waals surface area contributed by atoms with E-state index >= 15 is 0 Å². The topological polar surface area (TPSA) is 18.5 Å². The normalized spacial score (nSPS) is 15.0. The van der Waals surface area contributed by atoms with Gasteiger partial charge in [-0.3, -0.25) is 0 Å². The standard InChI is InChI=1S/C13H17ClO2/c1-13(2,3)10-7-12-11(6-9(10)8-14)15-4-5-16-12/h6-7H,4-5,8H2,1-3H3. The molecule has 0 aromatic heterocycles. The number of alkyl halides is 1. The van der Waals surface area contributed by atoms with Crippen LogP contribution in [-0.4, -0.2) is 13.2 Å². The molecule has 0 amide bonds. The van der Waals surface area contributed by atoms with Crippen molar-refractivity contribution in [2.75, 3.05) is 13.2 Å². The molecule has 1 aromatic carbocycles. The summed E-state index contributed by atoms with van der Waals surface area (Å²) in [6.45, 7) is 7.76. The lowest BCUT2D eigenvalue weighted by Gasteiger charge is -2.26. The third-order valence-electron chi connectivity index (χ3n) is 2.72. The average Bonchev–Trinajstić information content (AvgIpc) is 2.26. The average molecular weight is 241 g/mol. The molecule has 1 heterocycles. The molecule has 0 saturated carbocycles. The zero-order chi connectivity index (χ0) is 11.8. The van der Waals surface area contributed by atoms with Gasteiger partial charge in [0.1, 0.15) is 13.2 Å². The van der Waals surface area contributed by atoms with Crippen molar-refractivity contribution in [3.63, 3.8) is 0 Å². The zero-order valence-electron chi connectivity index (χ0n) is 9.97. The molecule has 16 heavy (non-hydrogen) atoms. The van der Waals surface area contributed by atoms with Crippen molar-refractivity contribution in [2.45, 2.75) is 32.1 Å². The van der Waals surface area contributed by atoms with Gasteiger partial charge in [-0.05, 0) is 28.7 Å². The highest BCUT2D eigenvalue weighted by molar-refractivity contribution is 6.17. The Kier molecular flexibility index (Phi) is 3.02. The Labute approximate surface area is 102 Å². The highest BCUT2D eigenvalue weighted by Crippen LogP contribution is 2.38. The van der Waals surface area contributed by atoms with Crippen LogP contribution in [0.15, 0.2) is 12.1 Å². The van der Waals surface area contributed by atoms with E-state index in [9.17, 15) is 0 Å². The molecule has 1 aliphatic heterocycles. The molecule has 0 spiro atoms. The highest BCUT2D eigenvalue weighted by atomic mass is 35.5. The molecule has 2 rings (SSSR count). The number of rotatable bonds is 1. The third-order valence-corrected chi connectivity index (χ3v) is 3.01. The first-order valence-electron chi connectivity index (χ1n) is 5.51. The Morgan fingerprint density at radius 2 is 1.69 bits per heavy atom. The third kappa shape index (κ3) is 2.12. The number of hydrogen-bond acceptors (Lipinski definition) is 2. The SMILES string of the molecule is CC(C)(C)c1cc2c(cc1CCl)OCCO2. The van der Waals surface area contributed by atoms with Gasteiger partial charge in [0.25, 0.3) is 0 Å². The first-order valence-corrected chi connectivity index (χ1v) is 6.05. The molecule has 0 bridgehead atoms. The second-order valence-electron chi connectivity index (χ2n) is 5.04. The van der Waals surface area contributed by atoms with E-state index in [2.05, 4.69) is 26.8 Å². The summed E-state index contributed by atoms with van der Waals surface area (Å²) in [4.78, 5) is 0. The molecule has 3 heteroatoms. The number of halogens is 1. The van der Waals surface area contributed by atoms with E-state index in [1.165, 1.54) is 5.56 Å². The summed E-state index contributed by atoms with van der Waals surface area (Å²) in [6.07, 6.45) is 0. The van der Waals surface area contributed by atoms with Gasteiger partial charge in [-0.15, -0.1) is 11.6 Å². The predicted octanol–water partition coefficient (Wildman–Crippen LogP) is 3.49. The van der Waals surface area contributed by atoms with Crippen LogP contribution in [0.2, 0.25) is 0 Å². The van der Waals surface area contributed by atoms with Crippen LogP contribution < -0.4 is 9.47 Å². The summed E-state index contributed by atoms with van der Waals surface area (Å²) in [7, 11) is 0. The summed E-state index contributed by atoms with van der Waals surface area (Å²) in [5.74, 6) is 2.16. The van der Waals surface area contributed by atoms with Crippen LogP contribution in [0.3, 0.4) is 0 Å². The van der Waals surface area contributed by atoms with Gasteiger partial charge in [-0.1, -0.05) is 20.8 Å². The number of fused-ring (bicyclic) bond motifs is 1. The Hall–Kier alpha value is -0.890. The van der Waals surface area contributed by atoms with Crippen molar-refractivity contribution in [3.8, 4) is 11.5 Å². The molecule has 88 valence electrons. The van der Waals surface area contributed by atoms with Crippen molar-refractivity contribution in [3.05, 3.63) is 23.3 Å². The second kappa shape index (κ2) is 4.17. The molecule has 0 unspecified atom stereocenters. The van der Waals surface area contributed by atoms with Gasteiger partial charge in [-0.2, -0.15) is 0 Å². The van der Waals surface area contributed by atoms with E-state index in [4.69, 9.17) is 21.1 Å². The van der Waals surface area contributed by atoms with Crippen LogP contribution >= 0.6 is 11.6 Å². The van der Waals surface area contributed by atoms with Gasteiger partial charge in [0.05, 0.1) is 0 Å². The Morgan fingerprint density at radius 1 is 1.12 bits per heavy atom. The van der Waals surface area contributed by atoms with Gasteiger partial charge >= 0.3 is 0 Å². The van der Waals surface area contributed by atoms with Gasteiger partial charge in [0.15, 0.2) is 11.5 Å². The number of ether oxygens (including phenoxy) is 2. The van der Waals surface area contributed by atoms with Gasteiger partial charge in [0.2, 0.25) is 0 Å². The summed E-state index contributed by atoms with van der Waals surface area (Å²) in [6, 6.07) is 4.06. The maximum Gasteiger partial charge on any atom is 0.161 e. The summed E-state index contributed by atoms with van der Waals surface area (Å²) in [5.41, 5.74) is 2.42. The molecule has 0 radical (unpaired) electrons. The predicted molar refractivity (Wildman–Crippen MR) is 65.7 cm³/mol. The maximum atomic E-state index is 5.98. The van der Waals surface area contributed by atoms with Crippen molar-refractivity contribution >= 4 is 11.6 Å². The number of hydrogen-bond donors (Lipinski definition) is 0. The fraction of sp³-hybridized carbons (Fsp3) is 0.538. The lowest BCUT2D eigenvalue weighted by Crippen LogP contribution is -2.19. The van der Waals surface area contributed by atoms with E-state index in [0.29, 0.717) is 19.1 Å². The van der Waals surface area contributed by atoms with E-state index in [-0.39, 0.29) is 5.41 Å². The lowest BCUT2D eigenvalue weighted by atomic mass is 9.84. The van der Waals surface area contributed by atoms with Crippen LogP contribution in [-0.2, 0) is 11.3 Å². The monoisotopic (exact) mass is 240 g/mol. The molecule has 0 saturated heterocycles. The lowest BCUT2D eigenvalue weighted by molar-refractivity contribution is 0.171. The minimum atomic E-state index is 0.0695. The summed E-state index contributed by atoms with van der Waals surface area (Å²) >= 11 is 5.98. The van der Waals surface area contributed by atoms with Crippen LogP contribution in [0.25, 0.3) is 0 Å². The molecule has 0 N–H and O–H groups in total. The smallest absolute Gasteiger partial charge is 0.161 e. The number of benzene rings is 1. The van der Waals surface area contributed by atoms with Crippen molar-refractivity contribution in [1.82, 2.24) is 0 Å². The molecule has 2 nitrogen and oxygen atoms in total. The molecule has 0 atom stereocenters. The van der Waals surface area contributed by atoms with Crippen LogP contribution in [0.5, 0.6) is 11.5 Å². The second-order valence-corrected chi connectivity index (χ2v) is 5.30. The fourth-order valence-electron chi connectivity index (χ4n) is 1.94. The Morgan fingerprint density at radius 3 is 2.19 bits per heavy atom. The molecule has 1 aromatic rings. The maximum absolute atomic E-state index is 5.98. The quantitative estimate of drug-likeness (QED) is 0.700. The van der Waals surface area contributed by atoms with Gasteiger partial charge in [-0.25, -0.2) is 0 Å². The highest BCUT2D eigenvalue weighted by Gasteiger charge is 2.22. The molecule has 1 aliphatic rings. The molecule has 0 aliphatic carbocycles. The fourth-order valence-corrected chi connectivity index (χ4v) is 2.16. The van der Waals surface area contributed by atoms with Crippen molar-refractivity contribution < 1.29 is 9.47 Å². The summed E-state index contributed by atoms with van der Waals surface area (Å²) in [5, 5.41) is 0.